The fourth-order valence-electron chi connectivity index (χ4n) is 1.32. The molecule has 0 spiro atoms. The summed E-state index contributed by atoms with van der Waals surface area (Å²) in [5, 5.41) is 12.9. The second-order valence-electron chi connectivity index (χ2n) is 3.26. The number of hydrogen-bond donors (Lipinski definition) is 1. The molecule has 4 nitrogen and oxygen atoms in total. The minimum absolute atomic E-state index is 0.217. The van der Waals surface area contributed by atoms with Crippen molar-refractivity contribution in [3.8, 4) is 11.8 Å². The summed E-state index contributed by atoms with van der Waals surface area (Å²) < 4.78 is 9.98. The molecule has 92 valence electrons. The Kier molecular flexibility index (Phi) is 4.07. The van der Waals surface area contributed by atoms with Crippen molar-refractivity contribution in [3.05, 3.63) is 33.4 Å². The normalized spacial score (nSPS) is 9.89. The monoisotopic (exact) mass is 343 g/mol. The van der Waals surface area contributed by atoms with Crippen LogP contribution in [0.4, 0.5) is 10.7 Å². The standard InChI is InChI=1S/C11H7BrClN3OS/c1-17-9-4-6(2-3-8(9)12)15-11-7(5-14)10(13)16-18-11/h2-4,15H,1H3. The van der Waals surface area contributed by atoms with Gasteiger partial charge in [0, 0.05) is 11.8 Å². The molecule has 0 saturated carbocycles. The molecular weight excluding hydrogens is 338 g/mol. The maximum atomic E-state index is 8.97. The topological polar surface area (TPSA) is 57.9 Å². The summed E-state index contributed by atoms with van der Waals surface area (Å²) in [6.45, 7) is 0. The summed E-state index contributed by atoms with van der Waals surface area (Å²) in [6.07, 6.45) is 0. The molecule has 2 rings (SSSR count). The van der Waals surface area contributed by atoms with E-state index < -0.39 is 0 Å². The molecule has 0 saturated heterocycles. The molecule has 18 heavy (non-hydrogen) atoms. The van der Waals surface area contributed by atoms with E-state index in [1.807, 2.05) is 24.3 Å². The average Bonchev–Trinajstić information content (AvgIpc) is 2.72. The van der Waals surface area contributed by atoms with Crippen molar-refractivity contribution in [2.24, 2.45) is 0 Å². The maximum Gasteiger partial charge on any atom is 0.162 e. The Bertz CT molecular complexity index is 623. The SMILES string of the molecule is COc1cc(Nc2snc(Cl)c2C#N)ccc1Br. The predicted molar refractivity (Wildman–Crippen MR) is 75.8 cm³/mol. The fraction of sp³-hybridized carbons (Fsp3) is 0.0909. The molecule has 1 aromatic carbocycles. The quantitative estimate of drug-likeness (QED) is 0.907. The molecule has 1 heterocycles. The Labute approximate surface area is 121 Å². The van der Waals surface area contributed by atoms with Gasteiger partial charge < -0.3 is 10.1 Å². The van der Waals surface area contributed by atoms with Crippen molar-refractivity contribution in [3.63, 3.8) is 0 Å². The highest BCUT2D eigenvalue weighted by molar-refractivity contribution is 9.10. The summed E-state index contributed by atoms with van der Waals surface area (Å²) >= 11 is 10.3. The number of aromatic nitrogens is 1. The third-order valence-corrected chi connectivity index (χ3v) is 3.96. The van der Waals surface area contributed by atoms with E-state index in [-0.39, 0.29) is 5.15 Å². The lowest BCUT2D eigenvalue weighted by Crippen LogP contribution is -1.92. The first-order valence-electron chi connectivity index (χ1n) is 4.81. The van der Waals surface area contributed by atoms with Gasteiger partial charge in [-0.2, -0.15) is 9.64 Å². The highest BCUT2D eigenvalue weighted by Crippen LogP contribution is 2.33. The summed E-state index contributed by atoms with van der Waals surface area (Å²) in [7, 11) is 1.59. The second kappa shape index (κ2) is 5.57. The molecular formula is C11H7BrClN3OS. The molecule has 0 bridgehead atoms. The first kappa shape index (κ1) is 13.1. The van der Waals surface area contributed by atoms with Gasteiger partial charge in [-0.15, -0.1) is 0 Å². The number of hydrogen-bond acceptors (Lipinski definition) is 5. The van der Waals surface area contributed by atoms with Gasteiger partial charge in [0.05, 0.1) is 11.6 Å². The van der Waals surface area contributed by atoms with Crippen LogP contribution >= 0.6 is 39.1 Å². The van der Waals surface area contributed by atoms with Gasteiger partial charge in [0.15, 0.2) is 5.15 Å². The van der Waals surface area contributed by atoms with Gasteiger partial charge in [-0.25, -0.2) is 0 Å². The molecule has 0 atom stereocenters. The molecule has 0 aliphatic carbocycles. The van der Waals surface area contributed by atoms with Crippen LogP contribution in [-0.2, 0) is 0 Å². The number of nitrogens with one attached hydrogen (secondary N) is 1. The molecule has 0 fully saturated rings. The van der Waals surface area contributed by atoms with Gasteiger partial charge in [0.1, 0.15) is 22.4 Å². The van der Waals surface area contributed by atoms with E-state index in [2.05, 4.69) is 25.6 Å². The zero-order valence-electron chi connectivity index (χ0n) is 9.20. The van der Waals surface area contributed by atoms with E-state index in [1.54, 1.807) is 7.11 Å². The Balaban J connectivity index is 2.32. The zero-order valence-corrected chi connectivity index (χ0v) is 12.4. The summed E-state index contributed by atoms with van der Waals surface area (Å²) in [4.78, 5) is 0. The van der Waals surface area contributed by atoms with Crippen molar-refractivity contribution in [1.82, 2.24) is 4.37 Å². The summed E-state index contributed by atoms with van der Waals surface area (Å²) in [6, 6.07) is 7.55. The van der Waals surface area contributed by atoms with E-state index in [0.717, 1.165) is 21.7 Å². The smallest absolute Gasteiger partial charge is 0.162 e. The van der Waals surface area contributed by atoms with Crippen LogP contribution < -0.4 is 10.1 Å². The van der Waals surface area contributed by atoms with Crippen molar-refractivity contribution < 1.29 is 4.74 Å². The molecule has 1 N–H and O–H groups in total. The van der Waals surface area contributed by atoms with E-state index in [0.29, 0.717) is 16.3 Å². The third-order valence-electron chi connectivity index (χ3n) is 2.17. The number of ether oxygens (including phenoxy) is 1. The number of rotatable bonds is 3. The molecule has 0 aliphatic rings. The van der Waals surface area contributed by atoms with E-state index >= 15 is 0 Å². The Morgan fingerprint density at radius 2 is 2.33 bits per heavy atom. The van der Waals surface area contributed by atoms with E-state index in [9.17, 15) is 0 Å². The fourth-order valence-corrected chi connectivity index (χ4v) is 2.69. The average molecular weight is 345 g/mol. The number of methoxy groups -OCH3 is 1. The first-order chi connectivity index (χ1) is 8.65. The summed E-state index contributed by atoms with van der Waals surface area (Å²) in [5.41, 5.74) is 1.15. The molecule has 2 aromatic rings. The predicted octanol–water partition coefficient (Wildman–Crippen LogP) is 4.18. The molecule has 7 heteroatoms. The van der Waals surface area contributed by atoms with Crippen LogP contribution in [-0.4, -0.2) is 11.5 Å². The number of nitrogens with zero attached hydrogens (tertiary/aromatic N) is 2. The number of halogens is 2. The first-order valence-corrected chi connectivity index (χ1v) is 6.76. The number of benzene rings is 1. The van der Waals surface area contributed by atoms with Crippen LogP contribution in [0.2, 0.25) is 5.15 Å². The molecule has 0 radical (unpaired) electrons. The van der Waals surface area contributed by atoms with Crippen LogP contribution in [0.15, 0.2) is 22.7 Å². The molecule has 0 amide bonds. The van der Waals surface area contributed by atoms with E-state index in [4.69, 9.17) is 21.6 Å². The minimum Gasteiger partial charge on any atom is -0.495 e. The minimum atomic E-state index is 0.217. The molecule has 0 aliphatic heterocycles. The van der Waals surface area contributed by atoms with Gasteiger partial charge in [0.25, 0.3) is 0 Å². The van der Waals surface area contributed by atoms with Crippen LogP contribution in [0.1, 0.15) is 5.56 Å². The van der Waals surface area contributed by atoms with Gasteiger partial charge in [-0.1, -0.05) is 11.6 Å². The lowest BCUT2D eigenvalue weighted by atomic mass is 10.3. The van der Waals surface area contributed by atoms with Crippen molar-refractivity contribution in [2.45, 2.75) is 0 Å². The van der Waals surface area contributed by atoms with Crippen LogP contribution in [0.3, 0.4) is 0 Å². The Hall–Kier alpha value is -1.29. The van der Waals surface area contributed by atoms with Gasteiger partial charge >= 0.3 is 0 Å². The van der Waals surface area contributed by atoms with Crippen LogP contribution in [0.25, 0.3) is 0 Å². The highest BCUT2D eigenvalue weighted by atomic mass is 79.9. The van der Waals surface area contributed by atoms with E-state index in [1.165, 1.54) is 0 Å². The van der Waals surface area contributed by atoms with Gasteiger partial charge in [-0.05, 0) is 39.6 Å². The Morgan fingerprint density at radius 3 is 3.00 bits per heavy atom. The maximum absolute atomic E-state index is 8.97. The largest absolute Gasteiger partial charge is 0.495 e. The number of nitriles is 1. The van der Waals surface area contributed by atoms with Crippen molar-refractivity contribution in [1.29, 1.82) is 5.26 Å². The van der Waals surface area contributed by atoms with Gasteiger partial charge in [-0.3, -0.25) is 0 Å². The second-order valence-corrected chi connectivity index (χ2v) is 5.25. The van der Waals surface area contributed by atoms with Crippen molar-refractivity contribution in [2.75, 3.05) is 12.4 Å². The Morgan fingerprint density at radius 1 is 1.56 bits per heavy atom. The number of anilines is 2. The van der Waals surface area contributed by atoms with Crippen LogP contribution in [0, 0.1) is 11.3 Å². The lowest BCUT2D eigenvalue weighted by Gasteiger charge is -2.07. The highest BCUT2D eigenvalue weighted by Gasteiger charge is 2.12. The molecule has 0 unspecified atom stereocenters. The third kappa shape index (κ3) is 2.58. The molecule has 1 aromatic heterocycles. The van der Waals surface area contributed by atoms with Crippen LogP contribution in [0.5, 0.6) is 5.75 Å². The van der Waals surface area contributed by atoms with Crippen molar-refractivity contribution >= 4 is 49.8 Å². The lowest BCUT2D eigenvalue weighted by molar-refractivity contribution is 0.412. The zero-order chi connectivity index (χ0) is 13.1. The van der Waals surface area contributed by atoms with Gasteiger partial charge in [0.2, 0.25) is 0 Å². The summed E-state index contributed by atoms with van der Waals surface area (Å²) in [5.74, 6) is 0.703.